The minimum Gasteiger partial charge on any atom is -0.353 e. The Bertz CT molecular complexity index is 688. The Hall–Kier alpha value is -2.15. The van der Waals surface area contributed by atoms with Crippen molar-refractivity contribution in [2.75, 3.05) is 38.1 Å². The van der Waals surface area contributed by atoms with Crippen molar-refractivity contribution in [3.05, 3.63) is 40.0 Å². The van der Waals surface area contributed by atoms with Crippen LogP contribution in [0.3, 0.4) is 0 Å². The summed E-state index contributed by atoms with van der Waals surface area (Å²) in [6.45, 7) is 8.69. The normalized spacial score (nSPS) is 15.7. The molecule has 1 saturated heterocycles. The second-order valence-corrected chi connectivity index (χ2v) is 7.09. The maximum atomic E-state index is 4.48. The van der Waals surface area contributed by atoms with E-state index >= 15 is 0 Å². The fourth-order valence-corrected chi connectivity index (χ4v) is 3.79. The fraction of sp³-hybridized carbons (Fsp3) is 0.471. The highest BCUT2D eigenvalue weighted by atomic mass is 32.1. The van der Waals surface area contributed by atoms with E-state index in [1.54, 1.807) is 11.3 Å². The first kappa shape index (κ1) is 16.7. The molecule has 3 rings (SSSR count). The summed E-state index contributed by atoms with van der Waals surface area (Å²) in [5.74, 6) is 2.01. The molecule has 2 aromatic heterocycles. The molecule has 2 aromatic rings. The molecule has 0 aliphatic carbocycles. The first-order valence-corrected chi connectivity index (χ1v) is 9.03. The molecular weight excluding hydrogens is 320 g/mol. The second kappa shape index (κ2) is 7.61. The number of piperazine rings is 1. The standard InChI is InChI=1S/C17H24N6S/c1-13-15(24-14(2)21-13)12-20-17(18-3)23-10-8-22(9-11-23)16-6-4-5-7-19-16/h4-7H,8-12H2,1-3H3,(H,18,20). The van der Waals surface area contributed by atoms with E-state index in [0.717, 1.165) is 55.2 Å². The number of hydrogen-bond donors (Lipinski definition) is 1. The van der Waals surface area contributed by atoms with Gasteiger partial charge in [-0.05, 0) is 26.0 Å². The van der Waals surface area contributed by atoms with Gasteiger partial charge in [-0.1, -0.05) is 6.07 Å². The molecule has 0 radical (unpaired) electrons. The number of pyridine rings is 1. The summed E-state index contributed by atoms with van der Waals surface area (Å²) in [7, 11) is 1.85. The molecule has 0 saturated carbocycles. The maximum Gasteiger partial charge on any atom is 0.194 e. The molecule has 0 bridgehead atoms. The van der Waals surface area contributed by atoms with Gasteiger partial charge >= 0.3 is 0 Å². The summed E-state index contributed by atoms with van der Waals surface area (Å²) in [6, 6.07) is 6.06. The van der Waals surface area contributed by atoms with Crippen LogP contribution in [0.1, 0.15) is 15.6 Å². The van der Waals surface area contributed by atoms with Crippen LogP contribution in [0.4, 0.5) is 5.82 Å². The minimum absolute atomic E-state index is 0.782. The van der Waals surface area contributed by atoms with Crippen molar-refractivity contribution in [1.29, 1.82) is 0 Å². The Morgan fingerprint density at radius 1 is 1.25 bits per heavy atom. The van der Waals surface area contributed by atoms with Crippen LogP contribution >= 0.6 is 11.3 Å². The third-order valence-corrected chi connectivity index (χ3v) is 5.24. The first-order chi connectivity index (χ1) is 11.7. The van der Waals surface area contributed by atoms with Crippen molar-refractivity contribution in [2.24, 2.45) is 4.99 Å². The third-order valence-electron chi connectivity index (χ3n) is 4.17. The molecule has 1 aliphatic rings. The smallest absolute Gasteiger partial charge is 0.194 e. The highest BCUT2D eigenvalue weighted by Gasteiger charge is 2.20. The number of rotatable bonds is 3. The molecule has 1 N–H and O–H groups in total. The van der Waals surface area contributed by atoms with Gasteiger partial charge in [0.15, 0.2) is 5.96 Å². The Balaban J connectivity index is 1.55. The van der Waals surface area contributed by atoms with Gasteiger partial charge in [-0.3, -0.25) is 4.99 Å². The molecule has 6 nitrogen and oxygen atoms in total. The number of aromatic nitrogens is 2. The minimum atomic E-state index is 0.782. The molecule has 0 amide bonds. The summed E-state index contributed by atoms with van der Waals surface area (Å²) >= 11 is 1.75. The Kier molecular flexibility index (Phi) is 5.30. The van der Waals surface area contributed by atoms with E-state index in [4.69, 9.17) is 0 Å². The van der Waals surface area contributed by atoms with E-state index < -0.39 is 0 Å². The molecule has 7 heteroatoms. The summed E-state index contributed by atoms with van der Waals surface area (Å²) in [5, 5.41) is 4.59. The molecule has 24 heavy (non-hydrogen) atoms. The summed E-state index contributed by atoms with van der Waals surface area (Å²) in [6.07, 6.45) is 1.85. The number of aryl methyl sites for hydroxylation is 2. The van der Waals surface area contributed by atoms with Gasteiger partial charge in [0.1, 0.15) is 5.82 Å². The van der Waals surface area contributed by atoms with E-state index in [0.29, 0.717) is 0 Å². The Morgan fingerprint density at radius 2 is 2.04 bits per heavy atom. The van der Waals surface area contributed by atoms with E-state index in [9.17, 15) is 0 Å². The average molecular weight is 344 g/mol. The van der Waals surface area contributed by atoms with Gasteiger partial charge in [-0.2, -0.15) is 0 Å². The van der Waals surface area contributed by atoms with Crippen LogP contribution in [0.15, 0.2) is 29.4 Å². The topological polar surface area (TPSA) is 56.7 Å². The lowest BCUT2D eigenvalue weighted by Gasteiger charge is -2.37. The lowest BCUT2D eigenvalue weighted by atomic mass is 10.3. The molecule has 0 unspecified atom stereocenters. The van der Waals surface area contributed by atoms with E-state index in [1.807, 2.05) is 32.3 Å². The van der Waals surface area contributed by atoms with Crippen molar-refractivity contribution in [3.63, 3.8) is 0 Å². The van der Waals surface area contributed by atoms with Crippen LogP contribution in [0.2, 0.25) is 0 Å². The van der Waals surface area contributed by atoms with Crippen LogP contribution in [0.25, 0.3) is 0 Å². The fourth-order valence-electron chi connectivity index (χ4n) is 2.92. The van der Waals surface area contributed by atoms with Gasteiger partial charge < -0.3 is 15.1 Å². The monoisotopic (exact) mass is 344 g/mol. The lowest BCUT2D eigenvalue weighted by molar-refractivity contribution is 0.371. The molecule has 3 heterocycles. The van der Waals surface area contributed by atoms with Gasteiger partial charge in [0.25, 0.3) is 0 Å². The van der Waals surface area contributed by atoms with E-state index in [-0.39, 0.29) is 0 Å². The van der Waals surface area contributed by atoms with Crippen molar-refractivity contribution in [2.45, 2.75) is 20.4 Å². The van der Waals surface area contributed by atoms with Gasteiger partial charge in [-0.25, -0.2) is 9.97 Å². The number of hydrogen-bond acceptors (Lipinski definition) is 5. The van der Waals surface area contributed by atoms with Gasteiger partial charge in [0, 0.05) is 44.3 Å². The average Bonchev–Trinajstić information content (AvgIpc) is 2.94. The zero-order valence-corrected chi connectivity index (χ0v) is 15.3. The number of thiazole rings is 1. The number of anilines is 1. The Morgan fingerprint density at radius 3 is 2.62 bits per heavy atom. The zero-order valence-electron chi connectivity index (χ0n) is 14.5. The summed E-state index contributed by atoms with van der Waals surface area (Å²) < 4.78 is 0. The van der Waals surface area contributed by atoms with E-state index in [2.05, 4.69) is 43.1 Å². The molecule has 0 atom stereocenters. The zero-order chi connectivity index (χ0) is 16.9. The highest BCUT2D eigenvalue weighted by Crippen LogP contribution is 2.17. The molecule has 0 spiro atoms. The third kappa shape index (κ3) is 3.84. The predicted molar refractivity (Wildman–Crippen MR) is 99.8 cm³/mol. The van der Waals surface area contributed by atoms with Crippen molar-refractivity contribution < 1.29 is 0 Å². The number of aliphatic imine (C=N–C) groups is 1. The molecule has 128 valence electrons. The van der Waals surface area contributed by atoms with Gasteiger partial charge in [0.2, 0.25) is 0 Å². The van der Waals surface area contributed by atoms with E-state index in [1.165, 1.54) is 4.88 Å². The predicted octanol–water partition coefficient (Wildman–Crippen LogP) is 2.05. The SMILES string of the molecule is CN=C(NCc1sc(C)nc1C)N1CCN(c2ccccn2)CC1. The van der Waals surface area contributed by atoms with Gasteiger partial charge in [-0.15, -0.1) is 11.3 Å². The molecular formula is C17H24N6S. The van der Waals surface area contributed by atoms with Crippen molar-refractivity contribution in [3.8, 4) is 0 Å². The molecule has 1 aliphatic heterocycles. The Labute approximate surface area is 147 Å². The van der Waals surface area contributed by atoms with Crippen LogP contribution in [-0.2, 0) is 6.54 Å². The van der Waals surface area contributed by atoms with Crippen LogP contribution < -0.4 is 10.2 Å². The highest BCUT2D eigenvalue weighted by molar-refractivity contribution is 7.11. The quantitative estimate of drug-likeness (QED) is 0.682. The second-order valence-electron chi connectivity index (χ2n) is 5.80. The number of guanidine groups is 1. The summed E-state index contributed by atoms with van der Waals surface area (Å²) in [4.78, 5) is 19.3. The largest absolute Gasteiger partial charge is 0.353 e. The van der Waals surface area contributed by atoms with Crippen molar-refractivity contribution in [1.82, 2.24) is 20.2 Å². The van der Waals surface area contributed by atoms with Crippen LogP contribution in [-0.4, -0.2) is 54.1 Å². The number of nitrogens with zero attached hydrogens (tertiary/aromatic N) is 5. The number of nitrogens with one attached hydrogen (secondary N) is 1. The molecule has 0 aromatic carbocycles. The molecule has 1 fully saturated rings. The first-order valence-electron chi connectivity index (χ1n) is 8.22. The maximum absolute atomic E-state index is 4.48. The summed E-state index contributed by atoms with van der Waals surface area (Å²) in [5.41, 5.74) is 1.11. The van der Waals surface area contributed by atoms with Crippen LogP contribution in [0.5, 0.6) is 0 Å². The van der Waals surface area contributed by atoms with Gasteiger partial charge in [0.05, 0.1) is 17.2 Å². The van der Waals surface area contributed by atoms with Crippen molar-refractivity contribution >= 4 is 23.1 Å². The lowest BCUT2D eigenvalue weighted by Crippen LogP contribution is -2.52. The van der Waals surface area contributed by atoms with Crippen LogP contribution in [0, 0.1) is 13.8 Å².